The van der Waals surface area contributed by atoms with Crippen molar-refractivity contribution in [1.82, 2.24) is 0 Å². The van der Waals surface area contributed by atoms with E-state index in [2.05, 4.69) is 24.4 Å². The van der Waals surface area contributed by atoms with E-state index in [1.807, 2.05) is 0 Å². The predicted octanol–water partition coefficient (Wildman–Crippen LogP) is 7.20. The molecule has 0 bridgehead atoms. The minimum absolute atomic E-state index is 0.0956. The van der Waals surface area contributed by atoms with Crippen LogP contribution in [0.15, 0.2) is 30.4 Å². The van der Waals surface area contributed by atoms with Crippen LogP contribution in [0.1, 0.15) is 94.3 Å². The van der Waals surface area contributed by atoms with Crippen LogP contribution in [0.2, 0.25) is 0 Å². The van der Waals surface area contributed by atoms with Gasteiger partial charge in [0.25, 0.3) is 0 Å². The number of carboxylic acids is 1. The highest BCUT2D eigenvalue weighted by atomic mass is 32.2. The minimum Gasteiger partial charge on any atom is -0.507 e. The summed E-state index contributed by atoms with van der Waals surface area (Å²) in [6.07, 6.45) is 17.1. The van der Waals surface area contributed by atoms with Gasteiger partial charge in [-0.25, -0.2) is 9.59 Å². The molecule has 1 aromatic carbocycles. The maximum Gasteiger partial charge on any atom is 0.411 e. The number of nitrogens with one attached hydrogen (secondary N) is 1. The number of ketones is 1. The van der Waals surface area contributed by atoms with Gasteiger partial charge in [-0.05, 0) is 62.5 Å². The number of Topliss-reactive ketones (excluding diaryl/α,β-unsaturated/α-hetero) is 1. The normalized spacial score (nSPS) is 11.0. The number of benzene rings is 1. The molecule has 0 fully saturated rings. The molecule has 7 nitrogen and oxygen atoms in total. The van der Waals surface area contributed by atoms with E-state index < -0.39 is 12.1 Å². The SMILES string of the molecule is CCCCCCC/C=C\CCCCCSCC(=O)CCCOC(=O)Nc1ccc(O)c(C(=O)O)c1. The molecule has 0 atom stereocenters. The van der Waals surface area contributed by atoms with Crippen LogP contribution in [0.5, 0.6) is 5.75 Å². The van der Waals surface area contributed by atoms with Crippen LogP contribution in [0.3, 0.4) is 0 Å². The summed E-state index contributed by atoms with van der Waals surface area (Å²) in [5, 5.41) is 20.9. The van der Waals surface area contributed by atoms with Crippen molar-refractivity contribution in [3.63, 3.8) is 0 Å². The van der Waals surface area contributed by atoms with Crippen LogP contribution < -0.4 is 5.32 Å². The number of aromatic hydroxyl groups is 1. The molecule has 0 aliphatic heterocycles. The van der Waals surface area contributed by atoms with Gasteiger partial charge < -0.3 is 14.9 Å². The number of phenols is 1. The van der Waals surface area contributed by atoms with Gasteiger partial charge in [-0.15, -0.1) is 0 Å². The fourth-order valence-electron chi connectivity index (χ4n) is 3.38. The Labute approximate surface area is 213 Å². The average molecular weight is 508 g/mol. The number of hydrogen-bond acceptors (Lipinski definition) is 6. The lowest BCUT2D eigenvalue weighted by Gasteiger charge is -2.08. The number of amides is 1. The third-order valence-corrected chi connectivity index (χ3v) is 6.47. The summed E-state index contributed by atoms with van der Waals surface area (Å²) in [5.74, 6) is -0.0760. The highest BCUT2D eigenvalue weighted by Crippen LogP contribution is 2.21. The number of carbonyl (C=O) groups is 3. The van der Waals surface area contributed by atoms with Crippen LogP contribution >= 0.6 is 11.8 Å². The van der Waals surface area contributed by atoms with Crippen LogP contribution in [0.25, 0.3) is 0 Å². The summed E-state index contributed by atoms with van der Waals surface area (Å²) in [6.45, 7) is 2.33. The number of ether oxygens (including phenoxy) is 1. The number of carbonyl (C=O) groups excluding carboxylic acids is 2. The van der Waals surface area contributed by atoms with Crippen LogP contribution in [0.4, 0.5) is 10.5 Å². The molecule has 1 amide bonds. The second kappa shape index (κ2) is 19.8. The van der Waals surface area contributed by atoms with Crippen molar-refractivity contribution in [3.8, 4) is 5.75 Å². The molecule has 0 radical (unpaired) electrons. The second-order valence-corrected chi connectivity index (χ2v) is 9.62. The first kappa shape index (κ1) is 30.6. The number of unbranched alkanes of at least 4 members (excludes halogenated alkanes) is 8. The lowest BCUT2D eigenvalue weighted by molar-refractivity contribution is -0.116. The summed E-state index contributed by atoms with van der Waals surface area (Å²) in [5.41, 5.74) is -0.113. The number of anilines is 1. The molecular weight excluding hydrogens is 466 g/mol. The molecule has 1 rings (SSSR count). The standard InChI is InChI=1S/C27H41NO6S/c1-2-3-4-5-6-7-8-9-10-11-12-13-19-35-21-23(29)15-14-18-34-27(33)28-22-16-17-25(30)24(20-22)26(31)32/h8-9,16-17,20,30H,2-7,10-15,18-19,21H2,1H3,(H,28,33)(H,31,32)/b9-8-. The Bertz CT molecular complexity index is 796. The lowest BCUT2D eigenvalue weighted by atomic mass is 10.1. The molecule has 0 heterocycles. The molecule has 8 heteroatoms. The van der Waals surface area contributed by atoms with E-state index in [4.69, 9.17) is 9.84 Å². The van der Waals surface area contributed by atoms with Crippen molar-refractivity contribution in [2.24, 2.45) is 0 Å². The second-order valence-electron chi connectivity index (χ2n) is 8.52. The quantitative estimate of drug-likeness (QED) is 0.0971. The van der Waals surface area contributed by atoms with Crippen LogP contribution in [-0.2, 0) is 9.53 Å². The van der Waals surface area contributed by atoms with Crippen molar-refractivity contribution in [3.05, 3.63) is 35.9 Å². The number of hydrogen-bond donors (Lipinski definition) is 3. The van der Waals surface area contributed by atoms with Gasteiger partial charge in [-0.1, -0.05) is 51.2 Å². The van der Waals surface area contributed by atoms with E-state index in [1.54, 1.807) is 11.8 Å². The summed E-state index contributed by atoms with van der Waals surface area (Å²) in [7, 11) is 0. The predicted molar refractivity (Wildman–Crippen MR) is 143 cm³/mol. The van der Waals surface area contributed by atoms with E-state index in [0.717, 1.165) is 24.7 Å². The highest BCUT2D eigenvalue weighted by molar-refractivity contribution is 7.99. The highest BCUT2D eigenvalue weighted by Gasteiger charge is 2.12. The maximum atomic E-state index is 12.0. The van der Waals surface area contributed by atoms with Gasteiger partial charge in [0, 0.05) is 12.1 Å². The molecule has 0 aliphatic rings. The molecule has 3 N–H and O–H groups in total. The first-order valence-corrected chi connectivity index (χ1v) is 13.8. The van der Waals surface area contributed by atoms with Gasteiger partial charge in [-0.3, -0.25) is 10.1 Å². The largest absolute Gasteiger partial charge is 0.507 e. The molecule has 0 spiro atoms. The molecule has 1 aromatic rings. The third-order valence-electron chi connectivity index (χ3n) is 5.37. The minimum atomic E-state index is -1.30. The van der Waals surface area contributed by atoms with Gasteiger partial charge in [-0.2, -0.15) is 11.8 Å². The smallest absolute Gasteiger partial charge is 0.411 e. The summed E-state index contributed by atoms with van der Waals surface area (Å²) in [6, 6.07) is 3.70. The first-order valence-electron chi connectivity index (χ1n) is 12.7. The van der Waals surface area contributed by atoms with E-state index in [1.165, 1.54) is 63.5 Å². The third kappa shape index (κ3) is 15.9. The van der Waals surface area contributed by atoms with E-state index in [9.17, 15) is 19.5 Å². The van der Waals surface area contributed by atoms with Gasteiger partial charge in [0.05, 0.1) is 12.4 Å². The van der Waals surface area contributed by atoms with E-state index >= 15 is 0 Å². The number of allylic oxidation sites excluding steroid dienone is 2. The fourth-order valence-corrected chi connectivity index (χ4v) is 4.30. The summed E-state index contributed by atoms with van der Waals surface area (Å²) >= 11 is 1.66. The Morgan fingerprint density at radius 3 is 2.34 bits per heavy atom. The van der Waals surface area contributed by atoms with Crippen molar-refractivity contribution >= 4 is 35.3 Å². The molecule has 0 aliphatic carbocycles. The lowest BCUT2D eigenvalue weighted by Crippen LogP contribution is -2.15. The Kier molecular flexibility index (Phi) is 17.3. The molecule has 0 unspecified atom stereocenters. The van der Waals surface area contributed by atoms with Crippen molar-refractivity contribution in [2.45, 2.75) is 84.0 Å². The van der Waals surface area contributed by atoms with Crippen molar-refractivity contribution in [1.29, 1.82) is 0 Å². The number of carboxylic acid groups (broad SMARTS) is 1. The number of thioether (sulfide) groups is 1. The molecular formula is C27H41NO6S. The Hall–Kier alpha value is -2.48. The molecule has 0 saturated carbocycles. The Morgan fingerprint density at radius 1 is 0.971 bits per heavy atom. The first-order chi connectivity index (χ1) is 16.9. The van der Waals surface area contributed by atoms with Gasteiger partial charge in [0.2, 0.25) is 0 Å². The van der Waals surface area contributed by atoms with Crippen molar-refractivity contribution in [2.75, 3.05) is 23.4 Å². The van der Waals surface area contributed by atoms with E-state index in [0.29, 0.717) is 18.6 Å². The van der Waals surface area contributed by atoms with Crippen LogP contribution in [0, 0.1) is 0 Å². The van der Waals surface area contributed by atoms with Gasteiger partial charge >= 0.3 is 12.1 Å². The van der Waals surface area contributed by atoms with Gasteiger partial charge in [0.1, 0.15) is 17.1 Å². The van der Waals surface area contributed by atoms with Crippen molar-refractivity contribution < 1.29 is 29.3 Å². The zero-order valence-electron chi connectivity index (χ0n) is 20.9. The zero-order chi connectivity index (χ0) is 25.7. The van der Waals surface area contributed by atoms with Crippen LogP contribution in [-0.4, -0.2) is 46.2 Å². The Balaban J connectivity index is 1.98. The summed E-state index contributed by atoms with van der Waals surface area (Å²) in [4.78, 5) is 34.8. The molecule has 0 aromatic heterocycles. The topological polar surface area (TPSA) is 113 Å². The number of aromatic carboxylic acids is 1. The molecule has 35 heavy (non-hydrogen) atoms. The van der Waals surface area contributed by atoms with Gasteiger partial charge in [0.15, 0.2) is 0 Å². The maximum absolute atomic E-state index is 12.0. The summed E-state index contributed by atoms with van der Waals surface area (Å²) < 4.78 is 5.03. The molecule has 196 valence electrons. The van der Waals surface area contributed by atoms with E-state index in [-0.39, 0.29) is 29.4 Å². The average Bonchev–Trinajstić information content (AvgIpc) is 2.83. The Morgan fingerprint density at radius 2 is 1.66 bits per heavy atom. The fraction of sp³-hybridized carbons (Fsp3) is 0.593. The monoisotopic (exact) mass is 507 g/mol. The number of rotatable bonds is 20. The molecule has 0 saturated heterocycles. The zero-order valence-corrected chi connectivity index (χ0v) is 21.7.